The number of carboxylic acids is 1. The van der Waals surface area contributed by atoms with E-state index < -0.39 is 45.3 Å². The molecule has 5 N–H and O–H groups in total. The molecule has 2 heterocycles. The number of nitrogens with zero attached hydrogens (tertiary/aromatic N) is 2. The topological polar surface area (TPSA) is 170 Å². The quantitative estimate of drug-likeness (QED) is 0.226. The Bertz CT molecular complexity index is 1310. The number of sulfonamides is 1. The predicted octanol–water partition coefficient (Wildman–Crippen LogP) is 2.30. The lowest BCUT2D eigenvalue weighted by atomic mass is 9.78. The van der Waals surface area contributed by atoms with E-state index in [1.165, 1.54) is 19.2 Å². The van der Waals surface area contributed by atoms with E-state index >= 15 is 0 Å². The van der Waals surface area contributed by atoms with Crippen molar-refractivity contribution in [3.05, 3.63) is 53.4 Å². The second-order valence-electron chi connectivity index (χ2n) is 11.6. The van der Waals surface area contributed by atoms with Crippen LogP contribution in [0.25, 0.3) is 5.70 Å². The molecule has 44 heavy (non-hydrogen) atoms. The van der Waals surface area contributed by atoms with Gasteiger partial charge in [-0.15, -0.1) is 0 Å². The van der Waals surface area contributed by atoms with Gasteiger partial charge in [-0.25, -0.2) is 22.1 Å². The number of rotatable bonds is 11. The second-order valence-corrected chi connectivity index (χ2v) is 13.6. The number of ether oxygens (including phenoxy) is 2. The first kappa shape index (κ1) is 37.3. The summed E-state index contributed by atoms with van der Waals surface area (Å²) in [7, 11) is -2.19. The zero-order valence-electron chi connectivity index (χ0n) is 26.5. The number of aliphatic hydroxyl groups excluding tert-OH is 2. The van der Waals surface area contributed by atoms with Gasteiger partial charge >= 0.3 is 5.97 Å². The van der Waals surface area contributed by atoms with Crippen LogP contribution in [0.1, 0.15) is 53.0 Å². The Morgan fingerprint density at radius 1 is 1.18 bits per heavy atom. The fraction of sp³-hybridized carbons (Fsp3) is 0.600. The molecule has 1 aromatic rings. The van der Waals surface area contributed by atoms with Crippen molar-refractivity contribution < 1.29 is 42.4 Å². The highest BCUT2D eigenvalue weighted by Crippen LogP contribution is 2.39. The third-order valence-corrected chi connectivity index (χ3v) is 8.45. The molecule has 0 aromatic heterocycles. The fourth-order valence-corrected chi connectivity index (χ4v) is 5.06. The van der Waals surface area contributed by atoms with Crippen LogP contribution in [-0.4, -0.2) is 103 Å². The Hall–Kier alpha value is -2.88. The van der Waals surface area contributed by atoms with E-state index in [1.54, 1.807) is 26.0 Å². The summed E-state index contributed by atoms with van der Waals surface area (Å²) in [5, 5.41) is 31.5. The highest BCUT2D eigenvalue weighted by atomic mass is 32.2. The van der Waals surface area contributed by atoms with Gasteiger partial charge in [0, 0.05) is 32.1 Å². The summed E-state index contributed by atoms with van der Waals surface area (Å²) in [4.78, 5) is 16.1. The minimum absolute atomic E-state index is 0.0561. The molecule has 1 fully saturated rings. The summed E-state index contributed by atoms with van der Waals surface area (Å²) in [6.07, 6.45) is 4.07. The summed E-state index contributed by atoms with van der Waals surface area (Å²) in [6, 6.07) is 5.91. The SMILES string of the molecule is CC(C)C1(C)N=C(N(C)S(C)(=O)=O)NC(c2ccc(F)cc2)=C1C=C[C@@H]1C[C@H](CC(=O)O)OC(C)(C)O1.OCCNCCO. The number of aliphatic carboxylic acids is 1. The largest absolute Gasteiger partial charge is 0.481 e. The molecule has 0 saturated carbocycles. The van der Waals surface area contributed by atoms with E-state index in [1.807, 2.05) is 32.9 Å². The molecular weight excluding hydrogens is 595 g/mol. The summed E-state index contributed by atoms with van der Waals surface area (Å²) in [6.45, 7) is 10.8. The van der Waals surface area contributed by atoms with Crippen LogP contribution in [0.5, 0.6) is 0 Å². The van der Waals surface area contributed by atoms with Gasteiger partial charge in [0.2, 0.25) is 16.0 Å². The van der Waals surface area contributed by atoms with Crippen molar-refractivity contribution in [2.45, 2.75) is 71.0 Å². The van der Waals surface area contributed by atoms with Crippen molar-refractivity contribution in [1.82, 2.24) is 14.9 Å². The van der Waals surface area contributed by atoms with Crippen LogP contribution >= 0.6 is 0 Å². The number of nitrogens with one attached hydrogen (secondary N) is 2. The Kier molecular flexibility index (Phi) is 13.5. The number of guanidine groups is 1. The molecule has 0 amide bonds. The van der Waals surface area contributed by atoms with Crippen LogP contribution < -0.4 is 10.6 Å². The molecule has 0 aliphatic carbocycles. The molecule has 1 unspecified atom stereocenters. The Morgan fingerprint density at radius 2 is 1.77 bits per heavy atom. The van der Waals surface area contributed by atoms with Gasteiger partial charge in [-0.3, -0.25) is 4.79 Å². The second kappa shape index (κ2) is 15.9. The smallest absolute Gasteiger partial charge is 0.305 e. The molecule has 12 nitrogen and oxygen atoms in total. The Labute approximate surface area is 259 Å². The average Bonchev–Trinajstić information content (AvgIpc) is 2.91. The van der Waals surface area contributed by atoms with Crippen LogP contribution in [0.2, 0.25) is 0 Å². The molecule has 0 bridgehead atoms. The number of carbonyl (C=O) groups is 1. The van der Waals surface area contributed by atoms with Crippen molar-refractivity contribution in [1.29, 1.82) is 0 Å². The third kappa shape index (κ3) is 10.6. The number of hydrogen-bond acceptors (Lipinski definition) is 10. The average molecular weight is 643 g/mol. The number of aliphatic hydroxyl groups is 2. The van der Waals surface area contributed by atoms with E-state index in [9.17, 15) is 22.7 Å². The third-order valence-electron chi connectivity index (χ3n) is 7.28. The van der Waals surface area contributed by atoms with E-state index in [-0.39, 0.29) is 31.5 Å². The number of hydrogen-bond donors (Lipinski definition) is 5. The van der Waals surface area contributed by atoms with E-state index in [0.29, 0.717) is 30.8 Å². The van der Waals surface area contributed by atoms with Gasteiger partial charge in [-0.05, 0) is 56.5 Å². The van der Waals surface area contributed by atoms with Gasteiger partial charge in [0.15, 0.2) is 5.79 Å². The summed E-state index contributed by atoms with van der Waals surface area (Å²) >= 11 is 0. The summed E-state index contributed by atoms with van der Waals surface area (Å²) in [5.41, 5.74) is 1.13. The molecule has 2 aliphatic heterocycles. The molecule has 1 saturated heterocycles. The molecule has 3 rings (SSSR count). The highest BCUT2D eigenvalue weighted by Gasteiger charge is 2.40. The number of carboxylic acid groups (broad SMARTS) is 1. The fourth-order valence-electron chi connectivity index (χ4n) is 4.66. The van der Waals surface area contributed by atoms with Gasteiger partial charge in [0.05, 0.1) is 49.3 Å². The maximum absolute atomic E-state index is 13.8. The molecule has 1 aromatic carbocycles. The van der Waals surface area contributed by atoms with Gasteiger partial charge in [0.1, 0.15) is 5.82 Å². The first-order valence-corrected chi connectivity index (χ1v) is 16.3. The maximum atomic E-state index is 13.8. The van der Waals surface area contributed by atoms with Gasteiger partial charge < -0.3 is 35.4 Å². The molecule has 248 valence electrons. The van der Waals surface area contributed by atoms with Crippen LogP contribution in [0.3, 0.4) is 0 Å². The highest BCUT2D eigenvalue weighted by molar-refractivity contribution is 7.88. The normalized spacial score (nSPS) is 23.6. The lowest BCUT2D eigenvalue weighted by molar-refractivity contribution is -0.290. The molecular formula is C30H47FN4O8S. The lowest BCUT2D eigenvalue weighted by Crippen LogP contribution is -2.49. The number of benzene rings is 1. The van der Waals surface area contributed by atoms with Gasteiger partial charge in [-0.2, -0.15) is 0 Å². The van der Waals surface area contributed by atoms with Crippen LogP contribution in [-0.2, 0) is 24.3 Å². The van der Waals surface area contributed by atoms with Crippen LogP contribution in [0.4, 0.5) is 4.39 Å². The molecule has 3 atom stereocenters. The predicted molar refractivity (Wildman–Crippen MR) is 167 cm³/mol. The van der Waals surface area contributed by atoms with Gasteiger partial charge in [-0.1, -0.05) is 26.0 Å². The van der Waals surface area contributed by atoms with Crippen molar-refractivity contribution in [2.24, 2.45) is 10.9 Å². The van der Waals surface area contributed by atoms with E-state index in [2.05, 4.69) is 10.6 Å². The monoisotopic (exact) mass is 642 g/mol. The molecule has 14 heteroatoms. The van der Waals surface area contributed by atoms with Gasteiger partial charge in [0.25, 0.3) is 0 Å². The first-order chi connectivity index (χ1) is 20.4. The van der Waals surface area contributed by atoms with E-state index in [4.69, 9.17) is 24.7 Å². The summed E-state index contributed by atoms with van der Waals surface area (Å²) < 4.78 is 51.3. The van der Waals surface area contributed by atoms with Crippen LogP contribution in [0.15, 0.2) is 47.0 Å². The van der Waals surface area contributed by atoms with Crippen LogP contribution in [0, 0.1) is 11.7 Å². The molecule has 0 spiro atoms. The van der Waals surface area contributed by atoms with Crippen molar-refractivity contribution in [2.75, 3.05) is 39.6 Å². The zero-order valence-corrected chi connectivity index (χ0v) is 27.3. The molecule has 0 radical (unpaired) electrons. The van der Waals surface area contributed by atoms with Crippen molar-refractivity contribution >= 4 is 27.6 Å². The van der Waals surface area contributed by atoms with E-state index in [0.717, 1.165) is 16.1 Å². The minimum Gasteiger partial charge on any atom is -0.481 e. The zero-order chi connectivity index (χ0) is 33.3. The standard InChI is InChI=1S/C26H36FN3O6S.C4H11NO2/c1-16(2)26(5)21(13-12-19-14-20(15-22(31)32)36-25(3,4)35-19)23(17-8-10-18(27)11-9-17)28-24(29-26)30(6)37(7,33)34;6-3-1-5-2-4-7/h8-13,16,19-20H,14-15H2,1-7H3,(H,28,29)(H,31,32);5-7H,1-4H2/t19-,20-,26?;/m1./s1. The number of halogens is 1. The van der Waals surface area contributed by atoms with Crippen molar-refractivity contribution in [3.8, 4) is 0 Å². The summed E-state index contributed by atoms with van der Waals surface area (Å²) in [5.74, 6) is -2.22. The van der Waals surface area contributed by atoms with Crippen molar-refractivity contribution in [3.63, 3.8) is 0 Å². The Morgan fingerprint density at radius 3 is 2.27 bits per heavy atom. The number of aliphatic imine (C=N–C) groups is 1. The molecule has 2 aliphatic rings. The first-order valence-electron chi connectivity index (χ1n) is 14.4. The maximum Gasteiger partial charge on any atom is 0.305 e. The lowest BCUT2D eigenvalue weighted by Gasteiger charge is -2.41. The minimum atomic E-state index is -3.61. The Balaban J connectivity index is 0.000000860.